The molecule has 0 saturated carbocycles. The van der Waals surface area contributed by atoms with E-state index in [2.05, 4.69) is 13.5 Å². The molecule has 0 bridgehead atoms. The van der Waals surface area contributed by atoms with Crippen LogP contribution in [0.5, 0.6) is 0 Å². The number of rotatable bonds is 9. The van der Waals surface area contributed by atoms with Crippen molar-refractivity contribution in [2.45, 2.75) is 51.9 Å². The zero-order valence-corrected chi connectivity index (χ0v) is 9.30. The first kappa shape index (κ1) is 13.2. The van der Waals surface area contributed by atoms with E-state index in [1.807, 2.05) is 0 Å². The third-order valence-electron chi connectivity index (χ3n) is 2.30. The lowest BCUT2D eigenvalue weighted by atomic mass is 10.1. The average molecular weight is 194 g/mol. The van der Waals surface area contributed by atoms with E-state index in [4.69, 9.17) is 0 Å². The van der Waals surface area contributed by atoms with Crippen LogP contribution in [0.2, 0.25) is 0 Å². The molecule has 0 radical (unpaired) electrons. The van der Waals surface area contributed by atoms with E-state index < -0.39 is 0 Å². The molecule has 0 heterocycles. The van der Waals surface area contributed by atoms with E-state index in [-0.39, 0.29) is 0 Å². The van der Waals surface area contributed by atoms with E-state index in [1.165, 1.54) is 32.1 Å². The Balaban J connectivity index is 3.38. The van der Waals surface area contributed by atoms with Crippen LogP contribution >= 0.6 is 0 Å². The molecule has 0 saturated heterocycles. The third kappa shape index (κ3) is 7.78. The van der Waals surface area contributed by atoms with Gasteiger partial charge in [-0.25, -0.2) is 0 Å². The van der Waals surface area contributed by atoms with Crippen LogP contribution < -0.4 is 0 Å². The van der Waals surface area contributed by atoms with Crippen molar-refractivity contribution in [3.05, 3.63) is 24.3 Å². The highest BCUT2D eigenvalue weighted by Crippen LogP contribution is 2.10. The molecule has 1 heteroatoms. The standard InChI is InChI=1S/C13H22O/c1-3-5-6-7-8-9-11-13(12-14)10-4-2/h4,10,12H,2-3,5-9,11H2,1H3. The monoisotopic (exact) mass is 194 g/mol. The van der Waals surface area contributed by atoms with Gasteiger partial charge in [0.05, 0.1) is 0 Å². The van der Waals surface area contributed by atoms with E-state index in [9.17, 15) is 4.79 Å². The largest absolute Gasteiger partial charge is 0.298 e. The number of hydrogen-bond acceptors (Lipinski definition) is 1. The molecule has 14 heavy (non-hydrogen) atoms. The second kappa shape index (κ2) is 10.2. The third-order valence-corrected chi connectivity index (χ3v) is 2.30. The van der Waals surface area contributed by atoms with Crippen molar-refractivity contribution >= 4 is 6.29 Å². The summed E-state index contributed by atoms with van der Waals surface area (Å²) in [6, 6.07) is 0. The highest BCUT2D eigenvalue weighted by Gasteiger charge is 1.94. The molecule has 0 rings (SSSR count). The summed E-state index contributed by atoms with van der Waals surface area (Å²) < 4.78 is 0. The predicted octanol–water partition coefficient (Wildman–Crippen LogP) is 4.05. The van der Waals surface area contributed by atoms with Crippen molar-refractivity contribution in [2.24, 2.45) is 0 Å². The maximum atomic E-state index is 10.5. The van der Waals surface area contributed by atoms with Crippen LogP contribution in [0.15, 0.2) is 24.3 Å². The molecule has 0 aromatic heterocycles. The van der Waals surface area contributed by atoms with Gasteiger partial charge in [0, 0.05) is 0 Å². The number of carbonyl (C=O) groups is 1. The second-order valence-electron chi connectivity index (χ2n) is 3.61. The zero-order chi connectivity index (χ0) is 10.6. The fourth-order valence-electron chi connectivity index (χ4n) is 1.44. The molecule has 80 valence electrons. The van der Waals surface area contributed by atoms with Crippen LogP contribution in [-0.2, 0) is 4.79 Å². The minimum Gasteiger partial charge on any atom is -0.298 e. The van der Waals surface area contributed by atoms with Crippen LogP contribution in [0.1, 0.15) is 51.9 Å². The lowest BCUT2D eigenvalue weighted by Gasteiger charge is -2.00. The molecule has 0 N–H and O–H groups in total. The Bertz CT molecular complexity index is 180. The molecule has 0 unspecified atom stereocenters. The Morgan fingerprint density at radius 3 is 2.36 bits per heavy atom. The van der Waals surface area contributed by atoms with Crippen LogP contribution in [-0.4, -0.2) is 6.29 Å². The lowest BCUT2D eigenvalue weighted by molar-refractivity contribution is -0.105. The zero-order valence-electron chi connectivity index (χ0n) is 9.30. The SMILES string of the molecule is C=CC=C(C=O)CCCCCCCC. The highest BCUT2D eigenvalue weighted by molar-refractivity contribution is 5.73. The van der Waals surface area contributed by atoms with Gasteiger partial charge in [-0.2, -0.15) is 0 Å². The Kier molecular flexibility index (Phi) is 9.61. The molecule has 1 nitrogen and oxygen atoms in total. The molecule has 0 aromatic carbocycles. The molecular formula is C13H22O. The molecular weight excluding hydrogens is 172 g/mol. The van der Waals surface area contributed by atoms with Crippen LogP contribution in [0, 0.1) is 0 Å². The minimum atomic E-state index is 0.871. The first-order chi connectivity index (χ1) is 6.85. The fraction of sp³-hybridized carbons (Fsp3) is 0.615. The molecule has 0 amide bonds. The molecule has 0 aliphatic carbocycles. The van der Waals surface area contributed by atoms with Crippen molar-refractivity contribution in [1.29, 1.82) is 0 Å². The van der Waals surface area contributed by atoms with Crippen molar-refractivity contribution in [3.63, 3.8) is 0 Å². The summed E-state index contributed by atoms with van der Waals surface area (Å²) in [4.78, 5) is 10.5. The maximum absolute atomic E-state index is 10.5. The van der Waals surface area contributed by atoms with Gasteiger partial charge in [-0.1, -0.05) is 57.8 Å². The molecule has 0 spiro atoms. The van der Waals surface area contributed by atoms with E-state index in [1.54, 1.807) is 12.2 Å². The Morgan fingerprint density at radius 1 is 1.14 bits per heavy atom. The number of hydrogen-bond donors (Lipinski definition) is 0. The second-order valence-corrected chi connectivity index (χ2v) is 3.61. The van der Waals surface area contributed by atoms with Gasteiger partial charge in [0.25, 0.3) is 0 Å². The first-order valence-electron chi connectivity index (χ1n) is 5.62. The van der Waals surface area contributed by atoms with Crippen molar-refractivity contribution in [1.82, 2.24) is 0 Å². The fourth-order valence-corrected chi connectivity index (χ4v) is 1.44. The molecule has 0 aromatic rings. The molecule has 0 aliphatic rings. The van der Waals surface area contributed by atoms with E-state index >= 15 is 0 Å². The smallest absolute Gasteiger partial charge is 0.146 e. The van der Waals surface area contributed by atoms with Gasteiger partial charge in [0.2, 0.25) is 0 Å². The minimum absolute atomic E-state index is 0.871. The molecule has 0 atom stereocenters. The quantitative estimate of drug-likeness (QED) is 0.234. The number of unbranched alkanes of at least 4 members (excludes halogenated alkanes) is 5. The Hall–Kier alpha value is -0.850. The van der Waals surface area contributed by atoms with Crippen LogP contribution in [0.3, 0.4) is 0 Å². The van der Waals surface area contributed by atoms with Crippen LogP contribution in [0.4, 0.5) is 0 Å². The Labute approximate surface area is 87.9 Å². The summed E-state index contributed by atoms with van der Waals surface area (Å²) in [5.74, 6) is 0. The van der Waals surface area contributed by atoms with Crippen LogP contribution in [0.25, 0.3) is 0 Å². The summed E-state index contributed by atoms with van der Waals surface area (Å²) in [5, 5.41) is 0. The van der Waals surface area contributed by atoms with Gasteiger partial charge in [-0.05, 0) is 18.4 Å². The summed E-state index contributed by atoms with van der Waals surface area (Å²) in [7, 11) is 0. The van der Waals surface area contributed by atoms with Crippen molar-refractivity contribution < 1.29 is 4.79 Å². The number of allylic oxidation sites excluding steroid dienone is 3. The average Bonchev–Trinajstić information content (AvgIpc) is 2.21. The highest BCUT2D eigenvalue weighted by atomic mass is 16.1. The molecule has 0 aliphatic heterocycles. The predicted molar refractivity (Wildman–Crippen MR) is 62.3 cm³/mol. The molecule has 0 fully saturated rings. The Morgan fingerprint density at radius 2 is 1.79 bits per heavy atom. The van der Waals surface area contributed by atoms with Gasteiger partial charge >= 0.3 is 0 Å². The summed E-state index contributed by atoms with van der Waals surface area (Å²) in [6.45, 7) is 5.80. The first-order valence-corrected chi connectivity index (χ1v) is 5.62. The normalized spacial score (nSPS) is 11.4. The summed E-state index contributed by atoms with van der Waals surface area (Å²) >= 11 is 0. The maximum Gasteiger partial charge on any atom is 0.146 e. The van der Waals surface area contributed by atoms with E-state index in [0.717, 1.165) is 24.7 Å². The van der Waals surface area contributed by atoms with Gasteiger partial charge in [-0.15, -0.1) is 0 Å². The number of aldehydes is 1. The summed E-state index contributed by atoms with van der Waals surface area (Å²) in [5.41, 5.74) is 0.871. The van der Waals surface area contributed by atoms with E-state index in [0.29, 0.717) is 0 Å². The number of carbonyl (C=O) groups excluding carboxylic acids is 1. The van der Waals surface area contributed by atoms with Gasteiger partial charge in [-0.3, -0.25) is 4.79 Å². The van der Waals surface area contributed by atoms with Crippen molar-refractivity contribution in [2.75, 3.05) is 0 Å². The summed E-state index contributed by atoms with van der Waals surface area (Å²) in [6.07, 6.45) is 12.9. The topological polar surface area (TPSA) is 17.1 Å². The van der Waals surface area contributed by atoms with Gasteiger partial charge in [0.1, 0.15) is 6.29 Å². The van der Waals surface area contributed by atoms with Crippen molar-refractivity contribution in [3.8, 4) is 0 Å². The van der Waals surface area contributed by atoms with Gasteiger partial charge < -0.3 is 0 Å². The van der Waals surface area contributed by atoms with Gasteiger partial charge in [0.15, 0.2) is 0 Å². The lowest BCUT2D eigenvalue weighted by Crippen LogP contribution is -1.86.